The third-order valence-electron chi connectivity index (χ3n) is 7.74. The normalized spacial score (nSPS) is 12.5. The number of carbonyl (C=O) groups is 2. The van der Waals surface area contributed by atoms with Crippen molar-refractivity contribution >= 4 is 62.3 Å². The minimum atomic E-state index is -4.30. The van der Waals surface area contributed by atoms with E-state index in [4.69, 9.17) is 39.5 Å². The summed E-state index contributed by atoms with van der Waals surface area (Å²) >= 11 is 18.8. The van der Waals surface area contributed by atoms with Gasteiger partial charge in [0.05, 0.1) is 17.2 Å². The minimum Gasteiger partial charge on any atom is -0.494 e. The molecule has 8 nitrogen and oxygen atoms in total. The van der Waals surface area contributed by atoms with Gasteiger partial charge in [-0.1, -0.05) is 78.1 Å². The Hall–Kier alpha value is -3.76. The van der Waals surface area contributed by atoms with Crippen LogP contribution in [0, 0.1) is 0 Å². The number of sulfonamides is 1. The Labute approximate surface area is 297 Å². The molecule has 0 spiro atoms. The summed E-state index contributed by atoms with van der Waals surface area (Å²) in [5.41, 5.74) is 1.59. The number of ether oxygens (including phenoxy) is 1. The summed E-state index contributed by atoms with van der Waals surface area (Å²) in [7, 11) is -4.30. The number of anilines is 1. The molecule has 0 aliphatic heterocycles. The van der Waals surface area contributed by atoms with Gasteiger partial charge in [-0.3, -0.25) is 13.9 Å². The van der Waals surface area contributed by atoms with Gasteiger partial charge in [0.25, 0.3) is 10.0 Å². The Morgan fingerprint density at radius 3 is 2.10 bits per heavy atom. The summed E-state index contributed by atoms with van der Waals surface area (Å²) in [6.45, 7) is 5.39. The molecule has 0 aliphatic carbocycles. The molecule has 254 valence electrons. The average molecular weight is 731 g/mol. The van der Waals surface area contributed by atoms with E-state index in [1.807, 2.05) is 51.1 Å². The van der Waals surface area contributed by atoms with Crippen molar-refractivity contribution in [2.24, 2.45) is 0 Å². The monoisotopic (exact) mass is 729 g/mol. The van der Waals surface area contributed by atoms with Crippen LogP contribution in [0.15, 0.2) is 102 Å². The highest BCUT2D eigenvalue weighted by Gasteiger charge is 2.35. The standard InChI is InChI=1S/C36H38Cl3N3O5S/c1-4-25(3)40-36(44)34(21-26-9-7-6-8-10-26)41(23-27-11-12-29(38)22-33(27)39)35(43)24-42(30-15-17-31(18-16-30)47-5-2)48(45,46)32-19-13-28(37)14-20-32/h6-20,22,25,34H,4-5,21,23-24H2,1-3H3,(H,40,44)/t25-,34-/m0/s1. The van der Waals surface area contributed by atoms with Crippen LogP contribution in [-0.4, -0.2) is 50.4 Å². The third kappa shape index (κ3) is 9.66. The van der Waals surface area contributed by atoms with E-state index in [0.29, 0.717) is 39.4 Å². The van der Waals surface area contributed by atoms with Crippen LogP contribution in [0.2, 0.25) is 15.1 Å². The zero-order chi connectivity index (χ0) is 34.8. The van der Waals surface area contributed by atoms with Gasteiger partial charge in [0.2, 0.25) is 11.8 Å². The Kier molecular flexibility index (Phi) is 13.2. The fourth-order valence-electron chi connectivity index (χ4n) is 4.97. The molecule has 0 saturated carbocycles. The van der Waals surface area contributed by atoms with Gasteiger partial charge >= 0.3 is 0 Å². The maximum absolute atomic E-state index is 14.6. The quantitative estimate of drug-likeness (QED) is 0.135. The SMILES string of the molecule is CCOc1ccc(N(CC(=O)N(Cc2ccc(Cl)cc2Cl)[C@@H](Cc2ccccc2)C(=O)N[C@@H](C)CC)S(=O)(=O)c2ccc(Cl)cc2)cc1. The van der Waals surface area contributed by atoms with E-state index in [-0.39, 0.29) is 35.5 Å². The van der Waals surface area contributed by atoms with E-state index in [0.717, 1.165) is 9.87 Å². The fourth-order valence-corrected chi connectivity index (χ4v) is 6.97. The molecule has 4 rings (SSSR count). The first-order valence-corrected chi connectivity index (χ1v) is 18.1. The van der Waals surface area contributed by atoms with Gasteiger partial charge in [-0.25, -0.2) is 8.42 Å². The lowest BCUT2D eigenvalue weighted by molar-refractivity contribution is -0.140. The van der Waals surface area contributed by atoms with Gasteiger partial charge in [-0.05, 0) is 92.1 Å². The third-order valence-corrected chi connectivity index (χ3v) is 10.4. The molecule has 0 radical (unpaired) electrons. The molecule has 4 aromatic rings. The summed E-state index contributed by atoms with van der Waals surface area (Å²) in [4.78, 5) is 29.9. The molecular weight excluding hydrogens is 693 g/mol. The molecule has 2 atom stereocenters. The lowest BCUT2D eigenvalue weighted by Crippen LogP contribution is -2.54. The average Bonchev–Trinajstić information content (AvgIpc) is 3.07. The van der Waals surface area contributed by atoms with Gasteiger partial charge in [0.15, 0.2) is 0 Å². The molecule has 0 unspecified atom stereocenters. The zero-order valence-corrected chi connectivity index (χ0v) is 30.0. The second-order valence-electron chi connectivity index (χ2n) is 11.2. The lowest BCUT2D eigenvalue weighted by Gasteiger charge is -2.34. The van der Waals surface area contributed by atoms with Crippen LogP contribution in [-0.2, 0) is 32.6 Å². The highest BCUT2D eigenvalue weighted by molar-refractivity contribution is 7.92. The Balaban J connectivity index is 1.83. The summed E-state index contributed by atoms with van der Waals surface area (Å²) in [5, 5.41) is 4.09. The maximum Gasteiger partial charge on any atom is 0.264 e. The van der Waals surface area contributed by atoms with Gasteiger partial charge in [0, 0.05) is 34.1 Å². The molecule has 0 saturated heterocycles. The van der Waals surface area contributed by atoms with E-state index in [1.165, 1.54) is 29.2 Å². The topological polar surface area (TPSA) is 96.0 Å². The van der Waals surface area contributed by atoms with Crippen molar-refractivity contribution in [1.29, 1.82) is 0 Å². The van der Waals surface area contributed by atoms with E-state index < -0.39 is 28.5 Å². The molecule has 0 heterocycles. The van der Waals surface area contributed by atoms with Crippen LogP contribution in [0.4, 0.5) is 5.69 Å². The first-order chi connectivity index (χ1) is 22.9. The van der Waals surface area contributed by atoms with Gasteiger partial charge in [-0.2, -0.15) is 0 Å². The fraction of sp³-hybridized carbons (Fsp3) is 0.278. The van der Waals surface area contributed by atoms with Gasteiger partial charge < -0.3 is 15.0 Å². The molecule has 2 amide bonds. The summed E-state index contributed by atoms with van der Waals surface area (Å²) < 4.78 is 35.0. The van der Waals surface area contributed by atoms with E-state index >= 15 is 0 Å². The lowest BCUT2D eigenvalue weighted by atomic mass is 10.0. The molecule has 0 bridgehead atoms. The first kappa shape index (κ1) is 37.1. The highest BCUT2D eigenvalue weighted by atomic mass is 35.5. The van der Waals surface area contributed by atoms with Crippen molar-refractivity contribution in [3.63, 3.8) is 0 Å². The molecule has 0 aromatic heterocycles. The van der Waals surface area contributed by atoms with Crippen molar-refractivity contribution in [3.8, 4) is 5.75 Å². The number of halogens is 3. The van der Waals surface area contributed by atoms with E-state index in [2.05, 4.69) is 5.32 Å². The second kappa shape index (κ2) is 17.1. The Morgan fingerprint density at radius 2 is 1.50 bits per heavy atom. The van der Waals surface area contributed by atoms with E-state index in [9.17, 15) is 18.0 Å². The van der Waals surface area contributed by atoms with Crippen LogP contribution >= 0.6 is 34.8 Å². The van der Waals surface area contributed by atoms with Gasteiger partial charge in [0.1, 0.15) is 18.3 Å². The van der Waals surface area contributed by atoms with E-state index in [1.54, 1.807) is 42.5 Å². The predicted molar refractivity (Wildman–Crippen MR) is 192 cm³/mol. The smallest absolute Gasteiger partial charge is 0.264 e. The number of carbonyl (C=O) groups excluding carboxylic acids is 2. The summed E-state index contributed by atoms with van der Waals surface area (Å²) in [6, 6.07) is 25.2. The van der Waals surface area contributed by atoms with Crippen molar-refractivity contribution < 1.29 is 22.7 Å². The zero-order valence-electron chi connectivity index (χ0n) is 26.9. The van der Waals surface area contributed by atoms with Crippen LogP contribution < -0.4 is 14.4 Å². The summed E-state index contributed by atoms with van der Waals surface area (Å²) in [6.07, 6.45) is 0.846. The number of hydrogen-bond donors (Lipinski definition) is 1. The van der Waals surface area contributed by atoms with Crippen LogP contribution in [0.3, 0.4) is 0 Å². The Morgan fingerprint density at radius 1 is 0.854 bits per heavy atom. The Bertz CT molecular complexity index is 1790. The highest BCUT2D eigenvalue weighted by Crippen LogP contribution is 2.29. The number of rotatable bonds is 15. The number of nitrogens with one attached hydrogen (secondary N) is 1. The largest absolute Gasteiger partial charge is 0.494 e. The van der Waals surface area contributed by atoms with Crippen LogP contribution in [0.25, 0.3) is 0 Å². The van der Waals surface area contributed by atoms with Crippen molar-refractivity contribution in [1.82, 2.24) is 10.2 Å². The van der Waals surface area contributed by atoms with Crippen molar-refractivity contribution in [3.05, 3.63) is 123 Å². The van der Waals surface area contributed by atoms with Gasteiger partial charge in [-0.15, -0.1) is 0 Å². The molecule has 12 heteroatoms. The molecule has 1 N–H and O–H groups in total. The molecule has 48 heavy (non-hydrogen) atoms. The number of benzene rings is 4. The van der Waals surface area contributed by atoms with Crippen molar-refractivity contribution in [2.45, 2.75) is 57.1 Å². The molecular formula is C36H38Cl3N3O5S. The first-order valence-electron chi connectivity index (χ1n) is 15.5. The van der Waals surface area contributed by atoms with Crippen LogP contribution in [0.1, 0.15) is 38.3 Å². The summed E-state index contributed by atoms with van der Waals surface area (Å²) in [5.74, 6) is -0.451. The minimum absolute atomic E-state index is 0.0590. The number of nitrogens with zero attached hydrogens (tertiary/aromatic N) is 2. The number of hydrogen-bond acceptors (Lipinski definition) is 5. The molecule has 0 aliphatic rings. The molecule has 4 aromatic carbocycles. The van der Waals surface area contributed by atoms with Crippen LogP contribution in [0.5, 0.6) is 5.75 Å². The predicted octanol–water partition coefficient (Wildman–Crippen LogP) is 7.80. The van der Waals surface area contributed by atoms with Crippen molar-refractivity contribution in [2.75, 3.05) is 17.5 Å². The second-order valence-corrected chi connectivity index (χ2v) is 14.3. The maximum atomic E-state index is 14.6. The molecule has 0 fully saturated rings. The number of amides is 2.